The van der Waals surface area contributed by atoms with E-state index in [-0.39, 0.29) is 11.9 Å². The van der Waals surface area contributed by atoms with Crippen LogP contribution in [0.1, 0.15) is 55.5 Å². The average Bonchev–Trinajstić information content (AvgIpc) is 3.31. The second-order valence-electron chi connectivity index (χ2n) is 8.77. The van der Waals surface area contributed by atoms with Crippen molar-refractivity contribution < 1.29 is 4.39 Å². The number of rotatable bonds is 7. The van der Waals surface area contributed by atoms with Gasteiger partial charge in [-0.1, -0.05) is 12.6 Å². The molecule has 0 spiro atoms. The molecule has 3 heterocycles. The molecule has 0 bridgehead atoms. The number of imidazole rings is 1. The van der Waals surface area contributed by atoms with Gasteiger partial charge >= 0.3 is 0 Å². The molecule has 0 saturated heterocycles. The summed E-state index contributed by atoms with van der Waals surface area (Å²) in [6.45, 7) is 10.1. The molecule has 4 aromatic rings. The van der Waals surface area contributed by atoms with Gasteiger partial charge in [-0.25, -0.2) is 14.4 Å². The third-order valence-corrected chi connectivity index (χ3v) is 5.87. The fourth-order valence-electron chi connectivity index (χ4n) is 3.89. The number of nitrogens with zero attached hydrogens (tertiary/aromatic N) is 6. The quantitative estimate of drug-likeness (QED) is 0.407. The molecule has 1 fully saturated rings. The maximum Gasteiger partial charge on any atom is 0.182 e. The Morgan fingerprint density at radius 3 is 2.79 bits per heavy atom. The first-order chi connectivity index (χ1) is 15.9. The van der Waals surface area contributed by atoms with E-state index >= 15 is 0 Å². The maximum atomic E-state index is 14.9. The molecule has 0 unspecified atom stereocenters. The third kappa shape index (κ3) is 4.16. The monoisotopic (exact) mass is 443 g/mol. The van der Waals surface area contributed by atoms with Gasteiger partial charge in [-0.15, -0.1) is 10.2 Å². The van der Waals surface area contributed by atoms with Crippen molar-refractivity contribution >= 4 is 11.5 Å². The van der Waals surface area contributed by atoms with Crippen LogP contribution < -0.4 is 5.32 Å². The number of anilines is 1. The molecule has 8 heteroatoms. The molecule has 1 N–H and O–H groups in total. The highest BCUT2D eigenvalue weighted by atomic mass is 19.1. The van der Waals surface area contributed by atoms with E-state index in [0.717, 1.165) is 16.9 Å². The number of aryl methyl sites for hydroxylation is 1. The lowest BCUT2D eigenvalue weighted by Gasteiger charge is -2.15. The summed E-state index contributed by atoms with van der Waals surface area (Å²) >= 11 is 0. The Balaban J connectivity index is 1.42. The van der Waals surface area contributed by atoms with E-state index in [1.54, 1.807) is 18.7 Å². The van der Waals surface area contributed by atoms with E-state index in [4.69, 9.17) is 0 Å². The normalized spacial score (nSPS) is 13.5. The molecule has 1 aliphatic carbocycles. The van der Waals surface area contributed by atoms with Crippen molar-refractivity contribution in [3.8, 4) is 17.2 Å². The van der Waals surface area contributed by atoms with Crippen LogP contribution in [0.15, 0.2) is 55.8 Å². The van der Waals surface area contributed by atoms with Gasteiger partial charge < -0.3 is 14.5 Å². The Kier molecular flexibility index (Phi) is 5.28. The Labute approximate surface area is 192 Å². The maximum absolute atomic E-state index is 14.9. The fraction of sp³-hybridized carbons (Fsp3) is 0.280. The lowest BCUT2D eigenvalue weighted by Crippen LogP contribution is -2.06. The Hall–Kier alpha value is -3.81. The van der Waals surface area contributed by atoms with Crippen LogP contribution in [0.3, 0.4) is 0 Å². The zero-order valence-corrected chi connectivity index (χ0v) is 19.0. The van der Waals surface area contributed by atoms with E-state index in [2.05, 4.69) is 45.9 Å². The van der Waals surface area contributed by atoms with Crippen LogP contribution in [0.4, 0.5) is 10.2 Å². The van der Waals surface area contributed by atoms with Crippen LogP contribution >= 0.6 is 0 Å². The molecule has 7 nitrogen and oxygen atoms in total. The summed E-state index contributed by atoms with van der Waals surface area (Å²) in [5, 5.41) is 11.4. The van der Waals surface area contributed by atoms with Crippen molar-refractivity contribution in [2.24, 2.45) is 0 Å². The minimum atomic E-state index is -0.341. The van der Waals surface area contributed by atoms with Crippen LogP contribution in [0.25, 0.3) is 22.9 Å². The molecule has 1 aliphatic rings. The summed E-state index contributed by atoms with van der Waals surface area (Å²) in [4.78, 5) is 9.17. The van der Waals surface area contributed by atoms with Crippen molar-refractivity contribution in [3.05, 3.63) is 78.4 Å². The number of aromatic nitrogens is 6. The van der Waals surface area contributed by atoms with E-state index in [9.17, 15) is 4.39 Å². The Bertz CT molecular complexity index is 1330. The van der Waals surface area contributed by atoms with Gasteiger partial charge in [-0.2, -0.15) is 0 Å². The topological polar surface area (TPSA) is 73.5 Å². The van der Waals surface area contributed by atoms with Crippen molar-refractivity contribution in [1.82, 2.24) is 29.3 Å². The molecule has 33 heavy (non-hydrogen) atoms. The minimum absolute atomic E-state index is 0.201. The van der Waals surface area contributed by atoms with Gasteiger partial charge in [0.25, 0.3) is 0 Å². The number of halogens is 1. The molecule has 5 rings (SSSR count). The predicted molar refractivity (Wildman–Crippen MR) is 127 cm³/mol. The van der Waals surface area contributed by atoms with E-state index < -0.39 is 0 Å². The summed E-state index contributed by atoms with van der Waals surface area (Å²) in [5.41, 5.74) is 4.28. The molecule has 0 atom stereocenters. The largest absolute Gasteiger partial charge is 0.340 e. The van der Waals surface area contributed by atoms with Gasteiger partial charge in [0.15, 0.2) is 5.82 Å². The standard InChI is InChI=1S/C25H26FN7/c1-15(2)33-14-28-31-25(33)21-6-5-7-24(30-21)29-17(4)19-11-23(16(3)10-20(19)26)32-12-22(27-13-32)18-8-9-18/h5-7,10-15,18H,4,8-9H2,1-3H3,(H,29,30). The van der Waals surface area contributed by atoms with Crippen molar-refractivity contribution in [1.29, 1.82) is 0 Å². The average molecular weight is 444 g/mol. The second-order valence-corrected chi connectivity index (χ2v) is 8.77. The summed E-state index contributed by atoms with van der Waals surface area (Å²) in [5.74, 6) is 1.44. The molecular weight excluding hydrogens is 417 g/mol. The van der Waals surface area contributed by atoms with Gasteiger partial charge in [0.2, 0.25) is 0 Å². The number of nitrogens with one attached hydrogen (secondary N) is 1. The van der Waals surface area contributed by atoms with Crippen LogP contribution in [0.2, 0.25) is 0 Å². The zero-order valence-electron chi connectivity index (χ0n) is 19.0. The summed E-state index contributed by atoms with van der Waals surface area (Å²) < 4.78 is 18.8. The molecule has 0 aliphatic heterocycles. The van der Waals surface area contributed by atoms with Crippen LogP contribution in [0.5, 0.6) is 0 Å². The van der Waals surface area contributed by atoms with Gasteiger partial charge in [-0.3, -0.25) is 0 Å². The highest BCUT2D eigenvalue weighted by molar-refractivity contribution is 5.76. The molecule has 1 aromatic carbocycles. The highest BCUT2D eigenvalue weighted by Gasteiger charge is 2.26. The van der Waals surface area contributed by atoms with Gasteiger partial charge in [-0.05, 0) is 63.4 Å². The first kappa shape index (κ1) is 21.1. The third-order valence-electron chi connectivity index (χ3n) is 5.87. The molecule has 168 valence electrons. The first-order valence-electron chi connectivity index (χ1n) is 11.1. The van der Waals surface area contributed by atoms with Gasteiger partial charge in [0.1, 0.15) is 23.7 Å². The minimum Gasteiger partial charge on any atom is -0.340 e. The smallest absolute Gasteiger partial charge is 0.182 e. The summed E-state index contributed by atoms with van der Waals surface area (Å²) in [7, 11) is 0. The number of hydrogen-bond acceptors (Lipinski definition) is 5. The Morgan fingerprint density at radius 2 is 2.03 bits per heavy atom. The van der Waals surface area contributed by atoms with Crippen molar-refractivity contribution in [3.63, 3.8) is 0 Å². The zero-order chi connectivity index (χ0) is 23.1. The lowest BCUT2D eigenvalue weighted by atomic mass is 10.1. The van der Waals surface area contributed by atoms with E-state index in [1.165, 1.54) is 18.9 Å². The van der Waals surface area contributed by atoms with E-state index in [0.29, 0.717) is 34.5 Å². The van der Waals surface area contributed by atoms with Crippen molar-refractivity contribution in [2.45, 2.75) is 45.6 Å². The predicted octanol–water partition coefficient (Wildman–Crippen LogP) is 5.51. The number of benzene rings is 1. The van der Waals surface area contributed by atoms with Gasteiger partial charge in [0.05, 0.1) is 17.7 Å². The molecule has 3 aromatic heterocycles. The summed E-state index contributed by atoms with van der Waals surface area (Å²) in [6, 6.07) is 9.10. The SMILES string of the molecule is C=C(Nc1cccc(-c2nncn2C(C)C)n1)c1cc(-n2cnc(C3CC3)c2)c(C)cc1F. The summed E-state index contributed by atoms with van der Waals surface area (Å²) in [6.07, 6.45) is 7.89. The molecule has 1 saturated carbocycles. The number of hydrogen-bond donors (Lipinski definition) is 1. The highest BCUT2D eigenvalue weighted by Crippen LogP contribution is 2.39. The van der Waals surface area contributed by atoms with Crippen molar-refractivity contribution in [2.75, 3.05) is 5.32 Å². The number of pyridine rings is 1. The first-order valence-corrected chi connectivity index (χ1v) is 11.1. The fourth-order valence-corrected chi connectivity index (χ4v) is 3.89. The Morgan fingerprint density at radius 1 is 1.21 bits per heavy atom. The van der Waals surface area contributed by atoms with Gasteiger partial charge in [0, 0.05) is 29.4 Å². The van der Waals surface area contributed by atoms with E-state index in [1.807, 2.05) is 40.5 Å². The molecule has 0 radical (unpaired) electrons. The van der Waals surface area contributed by atoms with Crippen LogP contribution in [-0.2, 0) is 0 Å². The van der Waals surface area contributed by atoms with Crippen LogP contribution in [0, 0.1) is 12.7 Å². The molecule has 0 amide bonds. The van der Waals surface area contributed by atoms with Crippen LogP contribution in [-0.4, -0.2) is 29.3 Å². The second kappa shape index (κ2) is 8.27. The molecular formula is C25H26FN7. The lowest BCUT2D eigenvalue weighted by molar-refractivity contribution is 0.603.